The molecule has 2 aromatic rings. The maximum Gasteiger partial charge on any atom is 0.269 e. The Morgan fingerprint density at radius 3 is 2.48 bits per heavy atom. The number of carbonyl (C=O) groups is 2. The first-order chi connectivity index (χ1) is 12.9. The first kappa shape index (κ1) is 18.6. The quantitative estimate of drug-likeness (QED) is 0.824. The SMILES string of the molecule is N#CCc1ccc(NC(=O)CCCN2C(=O)c3ccccc3S2(=O)=O)cc1. The Morgan fingerprint density at radius 1 is 1.11 bits per heavy atom. The minimum Gasteiger partial charge on any atom is -0.326 e. The number of anilines is 1. The maximum atomic E-state index is 12.4. The van der Waals surface area contributed by atoms with Gasteiger partial charge in [0, 0.05) is 18.7 Å². The molecule has 0 bridgehead atoms. The summed E-state index contributed by atoms with van der Waals surface area (Å²) in [4.78, 5) is 24.3. The van der Waals surface area contributed by atoms with Crippen molar-refractivity contribution >= 4 is 27.5 Å². The normalized spacial score (nSPS) is 14.5. The highest BCUT2D eigenvalue weighted by Gasteiger charge is 2.40. The van der Waals surface area contributed by atoms with Crippen molar-refractivity contribution in [1.82, 2.24) is 4.31 Å². The number of hydrogen-bond donors (Lipinski definition) is 1. The summed E-state index contributed by atoms with van der Waals surface area (Å²) >= 11 is 0. The van der Waals surface area contributed by atoms with Gasteiger partial charge in [-0.2, -0.15) is 5.26 Å². The molecule has 1 N–H and O–H groups in total. The second-order valence-corrected chi connectivity index (χ2v) is 7.89. The van der Waals surface area contributed by atoms with Gasteiger partial charge in [0.15, 0.2) is 0 Å². The number of nitrogens with zero attached hydrogens (tertiary/aromatic N) is 2. The number of fused-ring (bicyclic) bond motifs is 1. The zero-order valence-corrected chi connectivity index (χ0v) is 15.2. The zero-order chi connectivity index (χ0) is 19.4. The smallest absolute Gasteiger partial charge is 0.269 e. The van der Waals surface area contributed by atoms with Crippen molar-refractivity contribution in [3.05, 3.63) is 59.7 Å². The van der Waals surface area contributed by atoms with Crippen LogP contribution in [0.3, 0.4) is 0 Å². The van der Waals surface area contributed by atoms with E-state index in [2.05, 4.69) is 5.32 Å². The molecule has 27 heavy (non-hydrogen) atoms. The van der Waals surface area contributed by atoms with Gasteiger partial charge in [0.1, 0.15) is 4.90 Å². The van der Waals surface area contributed by atoms with E-state index in [-0.39, 0.29) is 35.8 Å². The summed E-state index contributed by atoms with van der Waals surface area (Å²) in [6, 6.07) is 15.0. The van der Waals surface area contributed by atoms with Crippen molar-refractivity contribution in [3.8, 4) is 6.07 Å². The molecule has 1 aliphatic rings. The highest BCUT2D eigenvalue weighted by Crippen LogP contribution is 2.30. The fourth-order valence-corrected chi connectivity index (χ4v) is 4.46. The van der Waals surface area contributed by atoms with Gasteiger partial charge in [0.2, 0.25) is 5.91 Å². The lowest BCUT2D eigenvalue weighted by atomic mass is 10.1. The summed E-state index contributed by atoms with van der Waals surface area (Å²) in [5, 5.41) is 11.4. The summed E-state index contributed by atoms with van der Waals surface area (Å²) in [6.07, 6.45) is 0.599. The molecule has 3 rings (SSSR count). The zero-order valence-electron chi connectivity index (χ0n) is 14.4. The number of hydrogen-bond acceptors (Lipinski definition) is 5. The average molecular weight is 383 g/mol. The molecule has 8 heteroatoms. The molecule has 2 aromatic carbocycles. The van der Waals surface area contributed by atoms with Crippen LogP contribution in [0.4, 0.5) is 5.69 Å². The number of nitriles is 1. The molecular weight excluding hydrogens is 366 g/mol. The van der Waals surface area contributed by atoms with E-state index in [4.69, 9.17) is 5.26 Å². The predicted molar refractivity (Wildman–Crippen MR) is 98.3 cm³/mol. The Bertz CT molecular complexity index is 1020. The molecule has 0 radical (unpaired) electrons. The largest absolute Gasteiger partial charge is 0.326 e. The fraction of sp³-hybridized carbons (Fsp3) is 0.211. The third-order valence-corrected chi connectivity index (χ3v) is 6.04. The lowest BCUT2D eigenvalue weighted by Gasteiger charge is -2.14. The molecule has 0 atom stereocenters. The number of nitrogens with one attached hydrogen (secondary N) is 1. The Hall–Kier alpha value is -3.18. The average Bonchev–Trinajstić information content (AvgIpc) is 2.84. The maximum absolute atomic E-state index is 12.4. The van der Waals surface area contributed by atoms with E-state index in [1.807, 2.05) is 6.07 Å². The first-order valence-electron chi connectivity index (χ1n) is 8.35. The number of amides is 2. The Balaban J connectivity index is 1.55. The molecule has 0 aromatic heterocycles. The van der Waals surface area contributed by atoms with Gasteiger partial charge in [-0.25, -0.2) is 12.7 Å². The lowest BCUT2D eigenvalue weighted by molar-refractivity contribution is -0.116. The van der Waals surface area contributed by atoms with Crippen LogP contribution in [0.5, 0.6) is 0 Å². The third kappa shape index (κ3) is 3.83. The predicted octanol–water partition coefficient (Wildman–Crippen LogP) is 2.32. The molecule has 1 heterocycles. The van der Waals surface area contributed by atoms with Gasteiger partial charge in [-0.05, 0) is 36.2 Å². The second-order valence-electron chi connectivity index (χ2n) is 6.06. The van der Waals surface area contributed by atoms with Crippen LogP contribution in [0.25, 0.3) is 0 Å². The van der Waals surface area contributed by atoms with E-state index >= 15 is 0 Å². The van der Waals surface area contributed by atoms with Gasteiger partial charge >= 0.3 is 0 Å². The molecule has 138 valence electrons. The molecule has 0 aliphatic carbocycles. The van der Waals surface area contributed by atoms with Crippen LogP contribution in [0.2, 0.25) is 0 Å². The summed E-state index contributed by atoms with van der Waals surface area (Å²) in [6.45, 7) is -0.0512. The lowest BCUT2D eigenvalue weighted by Crippen LogP contribution is -2.31. The molecule has 0 saturated carbocycles. The summed E-state index contributed by atoms with van der Waals surface area (Å²) in [7, 11) is -3.84. The Kier molecular flexibility index (Phi) is 5.23. The standard InChI is InChI=1S/C19H17N3O4S/c20-12-11-14-7-9-15(10-8-14)21-18(23)6-3-13-22-19(24)16-4-1-2-5-17(16)27(22,25)26/h1-2,4-5,7-10H,3,6,11,13H2,(H,21,23). The van der Waals surface area contributed by atoms with Gasteiger partial charge < -0.3 is 5.32 Å². The fourth-order valence-electron chi connectivity index (χ4n) is 2.86. The molecular formula is C19H17N3O4S. The molecule has 7 nitrogen and oxygen atoms in total. The molecule has 1 aliphatic heterocycles. The van der Waals surface area contributed by atoms with E-state index < -0.39 is 15.9 Å². The van der Waals surface area contributed by atoms with Gasteiger partial charge in [0.05, 0.1) is 18.1 Å². The molecule has 0 saturated heterocycles. The van der Waals surface area contributed by atoms with Crippen molar-refractivity contribution in [2.45, 2.75) is 24.2 Å². The van der Waals surface area contributed by atoms with Crippen LogP contribution in [-0.4, -0.2) is 31.1 Å². The van der Waals surface area contributed by atoms with Crippen molar-refractivity contribution in [2.24, 2.45) is 0 Å². The van der Waals surface area contributed by atoms with Crippen LogP contribution in [0, 0.1) is 11.3 Å². The van der Waals surface area contributed by atoms with E-state index in [0.717, 1.165) is 9.87 Å². The van der Waals surface area contributed by atoms with E-state index in [1.165, 1.54) is 12.1 Å². The number of carbonyl (C=O) groups excluding carboxylic acids is 2. The number of rotatable bonds is 6. The van der Waals surface area contributed by atoms with E-state index in [1.54, 1.807) is 36.4 Å². The van der Waals surface area contributed by atoms with Gasteiger partial charge in [-0.1, -0.05) is 24.3 Å². The van der Waals surface area contributed by atoms with Gasteiger partial charge in [-0.3, -0.25) is 9.59 Å². The van der Waals surface area contributed by atoms with Crippen LogP contribution < -0.4 is 5.32 Å². The van der Waals surface area contributed by atoms with Crippen molar-refractivity contribution < 1.29 is 18.0 Å². The highest BCUT2D eigenvalue weighted by molar-refractivity contribution is 7.90. The second kappa shape index (κ2) is 7.60. The van der Waals surface area contributed by atoms with Crippen LogP contribution in [-0.2, 0) is 21.2 Å². The highest BCUT2D eigenvalue weighted by atomic mass is 32.2. The number of benzene rings is 2. The van der Waals surface area contributed by atoms with Crippen molar-refractivity contribution in [1.29, 1.82) is 5.26 Å². The summed E-state index contributed by atoms with van der Waals surface area (Å²) in [5.41, 5.74) is 1.62. The van der Waals surface area contributed by atoms with E-state index in [0.29, 0.717) is 12.1 Å². The summed E-state index contributed by atoms with van der Waals surface area (Å²) in [5.74, 6) is -0.830. The van der Waals surface area contributed by atoms with Crippen molar-refractivity contribution in [3.63, 3.8) is 0 Å². The molecule has 2 amide bonds. The number of sulfonamides is 1. The Morgan fingerprint density at radius 2 is 1.81 bits per heavy atom. The third-order valence-electron chi connectivity index (χ3n) is 4.20. The molecule has 0 fully saturated rings. The monoisotopic (exact) mass is 383 g/mol. The van der Waals surface area contributed by atoms with Gasteiger partial charge in [0.25, 0.3) is 15.9 Å². The van der Waals surface area contributed by atoms with Crippen LogP contribution in [0.1, 0.15) is 28.8 Å². The minimum atomic E-state index is -3.84. The van der Waals surface area contributed by atoms with Crippen molar-refractivity contribution in [2.75, 3.05) is 11.9 Å². The minimum absolute atomic E-state index is 0.0110. The van der Waals surface area contributed by atoms with Crippen LogP contribution in [0.15, 0.2) is 53.4 Å². The summed E-state index contributed by atoms with van der Waals surface area (Å²) < 4.78 is 25.7. The van der Waals surface area contributed by atoms with Gasteiger partial charge in [-0.15, -0.1) is 0 Å². The topological polar surface area (TPSA) is 107 Å². The molecule has 0 spiro atoms. The van der Waals surface area contributed by atoms with E-state index in [9.17, 15) is 18.0 Å². The first-order valence-corrected chi connectivity index (χ1v) is 9.79. The Labute approximate surface area is 157 Å². The van der Waals surface area contributed by atoms with Crippen LogP contribution >= 0.6 is 0 Å². The molecule has 0 unspecified atom stereocenters.